The molecule has 2 aromatic carbocycles. The highest BCUT2D eigenvalue weighted by Crippen LogP contribution is 2.31. The van der Waals surface area contributed by atoms with Gasteiger partial charge >= 0.3 is 0 Å². The van der Waals surface area contributed by atoms with E-state index in [1.165, 1.54) is 11.8 Å². The number of rotatable bonds is 7. The van der Waals surface area contributed by atoms with E-state index in [0.29, 0.717) is 16.9 Å². The van der Waals surface area contributed by atoms with Crippen LogP contribution in [0.4, 0.5) is 0 Å². The van der Waals surface area contributed by atoms with E-state index in [-0.39, 0.29) is 0 Å². The maximum absolute atomic E-state index is 5.78. The number of nitrogens with zero attached hydrogens (tertiary/aromatic N) is 4. The van der Waals surface area contributed by atoms with Gasteiger partial charge in [-0.2, -0.15) is 5.10 Å². The van der Waals surface area contributed by atoms with E-state index in [1.807, 2.05) is 83.8 Å². The smallest absolute Gasteiger partial charge is 0.277 e. The second-order valence-corrected chi connectivity index (χ2v) is 7.68. The molecule has 31 heavy (non-hydrogen) atoms. The third kappa shape index (κ3) is 4.10. The van der Waals surface area contributed by atoms with E-state index in [9.17, 15) is 0 Å². The van der Waals surface area contributed by atoms with E-state index in [0.717, 1.165) is 34.0 Å². The molecule has 0 radical (unpaired) electrons. The Kier molecular flexibility index (Phi) is 5.28. The van der Waals surface area contributed by atoms with Crippen molar-refractivity contribution >= 4 is 11.8 Å². The molecule has 0 unspecified atom stereocenters. The predicted octanol–water partition coefficient (Wildman–Crippen LogP) is 5.22. The zero-order chi connectivity index (χ0) is 21.0. The highest BCUT2D eigenvalue weighted by molar-refractivity contribution is 7.98. The first kappa shape index (κ1) is 19.2. The zero-order valence-electron chi connectivity index (χ0n) is 16.7. The van der Waals surface area contributed by atoms with Crippen molar-refractivity contribution in [2.75, 3.05) is 7.11 Å². The summed E-state index contributed by atoms with van der Waals surface area (Å²) in [5, 5.41) is 13.6. The van der Waals surface area contributed by atoms with Gasteiger partial charge in [0.25, 0.3) is 11.1 Å². The van der Waals surface area contributed by atoms with Crippen molar-refractivity contribution in [1.29, 1.82) is 0 Å². The van der Waals surface area contributed by atoms with Crippen LogP contribution in [-0.2, 0) is 5.75 Å². The molecule has 154 valence electrons. The fraction of sp³-hybridized carbons (Fsp3) is 0.0870. The normalized spacial score (nSPS) is 11.0. The van der Waals surface area contributed by atoms with Gasteiger partial charge in [-0.1, -0.05) is 30.0 Å². The maximum Gasteiger partial charge on any atom is 0.277 e. The van der Waals surface area contributed by atoms with Crippen molar-refractivity contribution in [1.82, 2.24) is 25.0 Å². The van der Waals surface area contributed by atoms with Crippen molar-refractivity contribution in [3.05, 3.63) is 84.7 Å². The van der Waals surface area contributed by atoms with Crippen molar-refractivity contribution in [3.63, 3.8) is 0 Å². The first-order valence-electron chi connectivity index (χ1n) is 9.68. The summed E-state index contributed by atoms with van der Waals surface area (Å²) >= 11 is 1.48. The molecule has 8 heteroatoms. The molecular weight excluding hydrogens is 410 g/mol. The number of nitrogens with one attached hydrogen (secondary N) is 1. The Labute approximate surface area is 183 Å². The van der Waals surface area contributed by atoms with Crippen LogP contribution >= 0.6 is 11.8 Å². The Morgan fingerprint density at radius 3 is 2.58 bits per heavy atom. The van der Waals surface area contributed by atoms with Gasteiger partial charge in [-0.3, -0.25) is 0 Å². The number of H-pyrrole nitrogens is 1. The molecule has 5 aromatic rings. The topological polar surface area (TPSA) is 81.8 Å². The quantitative estimate of drug-likeness (QED) is 0.357. The molecular formula is C23H19N5O2S. The molecule has 0 aliphatic rings. The number of methoxy groups -OCH3 is 1. The SMILES string of the molecule is COc1ccc(-c2nn(-c3ccccc3)cc2CSc2nnc(-c3ccc[nH]3)o2)cc1. The molecule has 3 aromatic heterocycles. The van der Waals surface area contributed by atoms with Crippen LogP contribution in [0.1, 0.15) is 5.56 Å². The summed E-state index contributed by atoms with van der Waals surface area (Å²) in [6.07, 6.45) is 3.87. The van der Waals surface area contributed by atoms with Gasteiger partial charge in [-0.05, 0) is 48.5 Å². The number of aromatic amines is 1. The summed E-state index contributed by atoms with van der Waals surface area (Å²) < 4.78 is 13.0. The van der Waals surface area contributed by atoms with Crippen molar-refractivity contribution in [3.8, 4) is 34.3 Å². The van der Waals surface area contributed by atoms with Crippen molar-refractivity contribution in [2.45, 2.75) is 11.0 Å². The Morgan fingerprint density at radius 1 is 1.00 bits per heavy atom. The lowest BCUT2D eigenvalue weighted by molar-refractivity contribution is 0.415. The Hall–Kier alpha value is -3.78. The van der Waals surface area contributed by atoms with Crippen molar-refractivity contribution < 1.29 is 9.15 Å². The molecule has 0 saturated carbocycles. The van der Waals surface area contributed by atoms with Crippen LogP contribution < -0.4 is 4.74 Å². The first-order chi connectivity index (χ1) is 15.3. The predicted molar refractivity (Wildman–Crippen MR) is 119 cm³/mol. The number of benzene rings is 2. The summed E-state index contributed by atoms with van der Waals surface area (Å²) in [5.74, 6) is 1.92. The third-order valence-electron chi connectivity index (χ3n) is 4.76. The molecule has 0 spiro atoms. The van der Waals surface area contributed by atoms with Crippen molar-refractivity contribution in [2.24, 2.45) is 0 Å². The Bertz CT molecular complexity index is 1260. The Morgan fingerprint density at radius 2 is 1.84 bits per heavy atom. The number of hydrogen-bond acceptors (Lipinski definition) is 6. The van der Waals surface area contributed by atoms with Crippen LogP contribution in [0.25, 0.3) is 28.5 Å². The molecule has 0 aliphatic heterocycles. The third-order valence-corrected chi connectivity index (χ3v) is 5.63. The van der Waals surface area contributed by atoms with Crippen LogP contribution in [0, 0.1) is 0 Å². The van der Waals surface area contributed by atoms with E-state index in [4.69, 9.17) is 14.3 Å². The summed E-state index contributed by atoms with van der Waals surface area (Å²) in [6, 6.07) is 21.7. The van der Waals surface area contributed by atoms with E-state index < -0.39 is 0 Å². The molecule has 0 aliphatic carbocycles. The number of hydrogen-bond donors (Lipinski definition) is 1. The number of thioether (sulfide) groups is 1. The lowest BCUT2D eigenvalue weighted by Crippen LogP contribution is -1.94. The number of para-hydroxylation sites is 1. The maximum atomic E-state index is 5.78. The van der Waals surface area contributed by atoms with Crippen LogP contribution in [0.15, 0.2) is 88.8 Å². The number of ether oxygens (including phenoxy) is 1. The first-order valence-corrected chi connectivity index (χ1v) is 10.7. The molecule has 0 fully saturated rings. The van der Waals surface area contributed by atoms with Crippen LogP contribution in [0.2, 0.25) is 0 Å². The van der Waals surface area contributed by atoms with E-state index >= 15 is 0 Å². The molecule has 1 N–H and O–H groups in total. The molecule has 0 amide bonds. The fourth-order valence-corrected chi connectivity index (χ4v) is 3.93. The van der Waals surface area contributed by atoms with Crippen LogP contribution in [0.5, 0.6) is 5.75 Å². The van der Waals surface area contributed by atoms with Gasteiger partial charge in [-0.25, -0.2) is 4.68 Å². The van der Waals surface area contributed by atoms with Gasteiger partial charge in [0.1, 0.15) is 11.4 Å². The highest BCUT2D eigenvalue weighted by Gasteiger charge is 2.15. The lowest BCUT2D eigenvalue weighted by atomic mass is 10.1. The standard InChI is InChI=1S/C23H19N5O2S/c1-29-19-11-9-16(10-12-19)21-17(14-28(27-21)18-6-3-2-4-7-18)15-31-23-26-25-22(30-23)20-8-5-13-24-20/h2-14,24H,15H2,1H3. The summed E-state index contributed by atoms with van der Waals surface area (Å²) in [4.78, 5) is 3.07. The minimum atomic E-state index is 0.475. The fourth-order valence-electron chi connectivity index (χ4n) is 3.20. The largest absolute Gasteiger partial charge is 0.497 e. The summed E-state index contributed by atoms with van der Waals surface area (Å²) in [5.41, 5.74) is 4.79. The highest BCUT2D eigenvalue weighted by atomic mass is 32.2. The second-order valence-electron chi connectivity index (χ2n) is 6.76. The minimum Gasteiger partial charge on any atom is -0.497 e. The molecule has 5 rings (SSSR count). The lowest BCUT2D eigenvalue weighted by Gasteiger charge is -2.03. The molecule has 0 saturated heterocycles. The molecule has 0 bridgehead atoms. The monoisotopic (exact) mass is 429 g/mol. The van der Waals surface area contributed by atoms with Gasteiger partial charge in [0, 0.05) is 29.3 Å². The Balaban J connectivity index is 1.44. The average molecular weight is 430 g/mol. The van der Waals surface area contributed by atoms with Crippen LogP contribution in [0.3, 0.4) is 0 Å². The molecule has 3 heterocycles. The summed E-state index contributed by atoms with van der Waals surface area (Å²) in [6.45, 7) is 0. The van der Waals surface area contributed by atoms with Crippen LogP contribution in [-0.4, -0.2) is 32.1 Å². The number of aromatic nitrogens is 5. The second kappa shape index (κ2) is 8.53. The zero-order valence-corrected chi connectivity index (χ0v) is 17.5. The van der Waals surface area contributed by atoms with E-state index in [2.05, 4.69) is 15.2 Å². The minimum absolute atomic E-state index is 0.475. The van der Waals surface area contributed by atoms with E-state index in [1.54, 1.807) is 7.11 Å². The van der Waals surface area contributed by atoms with Gasteiger partial charge in [0.2, 0.25) is 0 Å². The van der Waals surface area contributed by atoms with Gasteiger partial charge in [-0.15, -0.1) is 10.2 Å². The molecule has 7 nitrogen and oxygen atoms in total. The van der Waals surface area contributed by atoms with Gasteiger partial charge < -0.3 is 14.1 Å². The summed E-state index contributed by atoms with van der Waals surface area (Å²) in [7, 11) is 1.66. The van der Waals surface area contributed by atoms with Gasteiger partial charge in [0.05, 0.1) is 18.5 Å². The average Bonchev–Trinajstić information content (AvgIpc) is 3.59. The molecule has 0 atom stereocenters. The van der Waals surface area contributed by atoms with Gasteiger partial charge in [0.15, 0.2) is 0 Å².